The van der Waals surface area contributed by atoms with Gasteiger partial charge in [0.2, 0.25) is 0 Å². The van der Waals surface area contributed by atoms with E-state index in [9.17, 15) is 9.59 Å². The Kier molecular flexibility index (Phi) is 15.9. The lowest BCUT2D eigenvalue weighted by molar-refractivity contribution is -0.161. The minimum Gasteiger partial charge on any atom is -0.453 e. The molecule has 5 heteroatoms. The molecule has 0 aliphatic rings. The van der Waals surface area contributed by atoms with Crippen LogP contribution in [0.3, 0.4) is 0 Å². The highest BCUT2D eigenvalue weighted by Crippen LogP contribution is 2.11. The lowest BCUT2D eigenvalue weighted by Gasteiger charge is -2.13. The van der Waals surface area contributed by atoms with Crippen LogP contribution in [0.2, 0.25) is 0 Å². The third kappa shape index (κ3) is 12.8. The number of aliphatic hydroxyl groups excluding tert-OH is 1. The molecular formula is C17H35NO4. The van der Waals surface area contributed by atoms with Crippen molar-refractivity contribution in [3.8, 4) is 0 Å². The first-order valence-corrected chi connectivity index (χ1v) is 8.40. The molecule has 0 spiro atoms. The monoisotopic (exact) mass is 317 g/mol. The quantitative estimate of drug-likeness (QED) is 0.396. The molecule has 0 aliphatic heterocycles. The Morgan fingerprint density at radius 2 is 1.36 bits per heavy atom. The van der Waals surface area contributed by atoms with E-state index >= 15 is 0 Å². The highest BCUT2D eigenvalue weighted by molar-refractivity contribution is 5.85. The van der Waals surface area contributed by atoms with Gasteiger partial charge in [0.25, 0.3) is 0 Å². The van der Waals surface area contributed by atoms with Crippen molar-refractivity contribution in [3.63, 3.8) is 0 Å². The molecule has 0 aliphatic carbocycles. The summed E-state index contributed by atoms with van der Waals surface area (Å²) in [6, 6.07) is 0. The maximum atomic E-state index is 11.7. The van der Waals surface area contributed by atoms with E-state index < -0.39 is 18.2 Å². The molecule has 0 aromatic rings. The largest absolute Gasteiger partial charge is 0.453 e. The normalized spacial score (nSPS) is 13.1. The van der Waals surface area contributed by atoms with E-state index in [-0.39, 0.29) is 11.9 Å². The average molecular weight is 317 g/mol. The van der Waals surface area contributed by atoms with Gasteiger partial charge < -0.3 is 16.0 Å². The molecule has 132 valence electrons. The van der Waals surface area contributed by atoms with Gasteiger partial charge in [-0.1, -0.05) is 58.3 Å². The Bertz CT molecular complexity index is 292. The van der Waals surface area contributed by atoms with Gasteiger partial charge in [-0.05, 0) is 20.3 Å². The van der Waals surface area contributed by atoms with Gasteiger partial charge in [0, 0.05) is 6.42 Å². The standard InChI is InChI=1S/C17H32O4.H3N/c1-4-5-6-7-8-9-10-11-12-13-16(19)15(3)21-17(20)14(2)18;/h14-15,18H,4-13H2,1-3H3;1H3. The lowest BCUT2D eigenvalue weighted by Crippen LogP contribution is -2.29. The van der Waals surface area contributed by atoms with Gasteiger partial charge in [0.05, 0.1) is 0 Å². The van der Waals surface area contributed by atoms with Crippen LogP contribution >= 0.6 is 0 Å². The summed E-state index contributed by atoms with van der Waals surface area (Å²) in [6.45, 7) is 5.12. The Labute approximate surface area is 135 Å². The molecule has 5 nitrogen and oxygen atoms in total. The Hall–Kier alpha value is -0.940. The number of ketones is 1. The average Bonchev–Trinajstić information content (AvgIpc) is 2.44. The molecule has 0 radical (unpaired) electrons. The maximum Gasteiger partial charge on any atom is 0.335 e. The summed E-state index contributed by atoms with van der Waals surface area (Å²) in [5.74, 6) is -0.796. The summed E-state index contributed by atoms with van der Waals surface area (Å²) in [6.07, 6.45) is 9.39. The van der Waals surface area contributed by atoms with Crippen LogP contribution in [0.15, 0.2) is 0 Å². The number of hydrogen-bond donors (Lipinski definition) is 2. The number of ether oxygens (including phenoxy) is 1. The highest BCUT2D eigenvalue weighted by atomic mass is 16.6. The van der Waals surface area contributed by atoms with Gasteiger partial charge in [-0.15, -0.1) is 0 Å². The van der Waals surface area contributed by atoms with Gasteiger partial charge in [-0.25, -0.2) is 4.79 Å². The van der Waals surface area contributed by atoms with Crippen molar-refractivity contribution in [2.24, 2.45) is 0 Å². The molecular weight excluding hydrogens is 282 g/mol. The maximum absolute atomic E-state index is 11.7. The van der Waals surface area contributed by atoms with E-state index in [1.807, 2.05) is 0 Å². The van der Waals surface area contributed by atoms with E-state index in [0.717, 1.165) is 12.8 Å². The number of hydrogen-bond acceptors (Lipinski definition) is 5. The fraction of sp³-hybridized carbons (Fsp3) is 0.882. The molecule has 0 heterocycles. The summed E-state index contributed by atoms with van der Waals surface area (Å²) in [5.41, 5.74) is 0. The van der Waals surface area contributed by atoms with E-state index in [1.165, 1.54) is 51.9 Å². The van der Waals surface area contributed by atoms with Crippen molar-refractivity contribution in [2.45, 2.75) is 97.2 Å². The molecule has 0 amide bonds. The van der Waals surface area contributed by atoms with Gasteiger partial charge in [-0.3, -0.25) is 4.79 Å². The molecule has 2 unspecified atom stereocenters. The summed E-state index contributed by atoms with van der Waals surface area (Å²) < 4.78 is 4.87. The van der Waals surface area contributed by atoms with Crippen molar-refractivity contribution in [1.29, 1.82) is 0 Å². The molecule has 0 rings (SSSR count). The van der Waals surface area contributed by atoms with E-state index in [1.54, 1.807) is 6.92 Å². The Morgan fingerprint density at radius 3 is 1.82 bits per heavy atom. The van der Waals surface area contributed by atoms with Crippen LogP contribution in [0.5, 0.6) is 0 Å². The molecule has 2 atom stereocenters. The molecule has 0 saturated heterocycles. The lowest BCUT2D eigenvalue weighted by atomic mass is 10.0. The van der Waals surface area contributed by atoms with Crippen molar-refractivity contribution < 1.29 is 19.4 Å². The van der Waals surface area contributed by atoms with E-state index in [2.05, 4.69) is 6.92 Å². The van der Waals surface area contributed by atoms with Crippen LogP contribution in [0, 0.1) is 0 Å². The molecule has 0 saturated carbocycles. The van der Waals surface area contributed by atoms with Crippen LogP contribution in [-0.2, 0) is 14.3 Å². The van der Waals surface area contributed by atoms with Gasteiger partial charge in [0.1, 0.15) is 6.10 Å². The molecule has 0 aromatic heterocycles. The number of esters is 1. The third-order valence-electron chi connectivity index (χ3n) is 3.61. The van der Waals surface area contributed by atoms with E-state index in [0.29, 0.717) is 6.42 Å². The van der Waals surface area contributed by atoms with Crippen molar-refractivity contribution in [1.82, 2.24) is 6.15 Å². The van der Waals surface area contributed by atoms with Crippen molar-refractivity contribution >= 4 is 11.8 Å². The smallest absolute Gasteiger partial charge is 0.335 e. The predicted octanol–water partition coefficient (Wildman–Crippen LogP) is 3.95. The number of rotatable bonds is 13. The van der Waals surface area contributed by atoms with Gasteiger partial charge in [0.15, 0.2) is 11.9 Å². The van der Waals surface area contributed by atoms with Crippen molar-refractivity contribution in [2.75, 3.05) is 0 Å². The first kappa shape index (κ1) is 23.3. The number of aliphatic hydroxyl groups is 1. The number of carbonyl (C=O) groups excluding carboxylic acids is 2. The number of Topliss-reactive ketones (excluding diaryl/α,β-unsaturated/α-hetero) is 1. The molecule has 0 fully saturated rings. The molecule has 0 bridgehead atoms. The van der Waals surface area contributed by atoms with Crippen LogP contribution < -0.4 is 6.15 Å². The Balaban J connectivity index is 0. The first-order valence-electron chi connectivity index (χ1n) is 8.40. The second-order valence-electron chi connectivity index (χ2n) is 5.80. The summed E-state index contributed by atoms with van der Waals surface area (Å²) in [4.78, 5) is 22.9. The van der Waals surface area contributed by atoms with Gasteiger partial charge >= 0.3 is 5.97 Å². The van der Waals surface area contributed by atoms with E-state index in [4.69, 9.17) is 9.84 Å². The number of unbranched alkanes of at least 4 members (excludes halogenated alkanes) is 8. The minimum absolute atomic E-state index is 0. The summed E-state index contributed by atoms with van der Waals surface area (Å²) in [7, 11) is 0. The van der Waals surface area contributed by atoms with Crippen LogP contribution in [0.4, 0.5) is 0 Å². The molecule has 0 aromatic carbocycles. The first-order chi connectivity index (χ1) is 9.99. The fourth-order valence-electron chi connectivity index (χ4n) is 2.15. The SMILES string of the molecule is CCCCCCCCCCCC(=O)C(C)OC(=O)C(C)O.N. The number of carbonyl (C=O) groups is 2. The fourth-order valence-corrected chi connectivity index (χ4v) is 2.15. The van der Waals surface area contributed by atoms with Crippen LogP contribution in [0.25, 0.3) is 0 Å². The highest BCUT2D eigenvalue weighted by Gasteiger charge is 2.19. The zero-order chi connectivity index (χ0) is 16.1. The Morgan fingerprint density at radius 1 is 0.909 bits per heavy atom. The molecule has 4 N–H and O–H groups in total. The van der Waals surface area contributed by atoms with Crippen LogP contribution in [0.1, 0.15) is 85.0 Å². The van der Waals surface area contributed by atoms with Gasteiger partial charge in [-0.2, -0.15) is 0 Å². The predicted molar refractivity (Wildman–Crippen MR) is 89.1 cm³/mol. The zero-order valence-electron chi connectivity index (χ0n) is 14.6. The second-order valence-corrected chi connectivity index (χ2v) is 5.80. The second kappa shape index (κ2) is 15.0. The zero-order valence-corrected chi connectivity index (χ0v) is 14.6. The van der Waals surface area contributed by atoms with Crippen molar-refractivity contribution in [3.05, 3.63) is 0 Å². The molecule has 22 heavy (non-hydrogen) atoms. The summed E-state index contributed by atoms with van der Waals surface area (Å²) in [5, 5.41) is 9.02. The minimum atomic E-state index is -1.17. The van der Waals surface area contributed by atoms with Crippen LogP contribution in [-0.4, -0.2) is 29.1 Å². The topological polar surface area (TPSA) is 98.6 Å². The third-order valence-corrected chi connectivity index (χ3v) is 3.61. The summed E-state index contributed by atoms with van der Waals surface area (Å²) >= 11 is 0.